The molecule has 0 bridgehead atoms. The Morgan fingerprint density at radius 3 is 2.81 bits per heavy atom. The van der Waals surface area contributed by atoms with E-state index in [0.29, 0.717) is 32.7 Å². The second-order valence-electron chi connectivity index (χ2n) is 7.70. The first-order chi connectivity index (χ1) is 15.1. The van der Waals surface area contributed by atoms with Gasteiger partial charge >= 0.3 is 0 Å². The standard InChI is InChI=1S/C24H31ClN2O3S/c1-3-30-15-6-13-26(22(28)9-12-25)17-23(29)27-14-10-21-20(11-16-31-21)24(27)19-8-5-4-7-18(19)2/h4-5,7-8,11,16,24H,3,6,9-10,12-15,17H2,1-2H3. The molecule has 0 fully saturated rings. The van der Waals surface area contributed by atoms with E-state index in [4.69, 9.17) is 16.3 Å². The van der Waals surface area contributed by atoms with Gasteiger partial charge in [-0.05, 0) is 54.8 Å². The largest absolute Gasteiger partial charge is 0.382 e. The molecule has 2 heterocycles. The number of carbonyl (C=O) groups is 2. The van der Waals surface area contributed by atoms with Crippen molar-refractivity contribution in [1.29, 1.82) is 0 Å². The van der Waals surface area contributed by atoms with Crippen LogP contribution in [-0.2, 0) is 20.7 Å². The first-order valence-corrected chi connectivity index (χ1v) is 12.3. The van der Waals surface area contributed by atoms with Crippen molar-refractivity contribution in [3.63, 3.8) is 0 Å². The van der Waals surface area contributed by atoms with E-state index in [9.17, 15) is 9.59 Å². The Morgan fingerprint density at radius 1 is 1.26 bits per heavy atom. The maximum absolute atomic E-state index is 13.5. The molecule has 0 saturated carbocycles. The Balaban J connectivity index is 1.81. The Morgan fingerprint density at radius 2 is 2.06 bits per heavy atom. The molecule has 31 heavy (non-hydrogen) atoms. The van der Waals surface area contributed by atoms with Crippen LogP contribution in [0, 0.1) is 6.92 Å². The molecule has 168 valence electrons. The number of carbonyl (C=O) groups excluding carboxylic acids is 2. The zero-order valence-corrected chi connectivity index (χ0v) is 19.9. The third kappa shape index (κ3) is 5.88. The highest BCUT2D eigenvalue weighted by atomic mass is 35.5. The monoisotopic (exact) mass is 462 g/mol. The molecule has 3 rings (SSSR count). The summed E-state index contributed by atoms with van der Waals surface area (Å²) in [6.45, 7) is 6.47. The number of thiophene rings is 1. The summed E-state index contributed by atoms with van der Waals surface area (Å²) in [5.74, 6) is 0.146. The molecule has 0 N–H and O–H groups in total. The molecule has 0 aliphatic carbocycles. The lowest BCUT2D eigenvalue weighted by Crippen LogP contribution is -2.47. The Labute approximate surface area is 193 Å². The second-order valence-corrected chi connectivity index (χ2v) is 9.08. The van der Waals surface area contributed by atoms with E-state index in [1.807, 2.05) is 24.0 Å². The lowest BCUT2D eigenvalue weighted by Gasteiger charge is -2.38. The van der Waals surface area contributed by atoms with E-state index in [1.165, 1.54) is 10.4 Å². The number of alkyl halides is 1. The summed E-state index contributed by atoms with van der Waals surface area (Å²) in [5, 5.41) is 2.11. The molecule has 0 saturated heterocycles. The van der Waals surface area contributed by atoms with Gasteiger partial charge in [-0.3, -0.25) is 9.59 Å². The van der Waals surface area contributed by atoms with E-state index in [0.717, 1.165) is 17.5 Å². The van der Waals surface area contributed by atoms with Crippen molar-refractivity contribution in [2.24, 2.45) is 0 Å². The number of nitrogens with zero attached hydrogens (tertiary/aromatic N) is 2. The topological polar surface area (TPSA) is 49.9 Å². The average molecular weight is 463 g/mol. The fourth-order valence-corrected chi connectivity index (χ4v) is 5.17. The molecule has 0 spiro atoms. The van der Waals surface area contributed by atoms with Crippen LogP contribution in [-0.4, -0.2) is 60.3 Å². The number of aryl methyl sites for hydroxylation is 1. The molecule has 7 heteroatoms. The molecule has 2 amide bonds. The third-order valence-electron chi connectivity index (χ3n) is 5.68. The van der Waals surface area contributed by atoms with Gasteiger partial charge in [-0.15, -0.1) is 22.9 Å². The van der Waals surface area contributed by atoms with Gasteiger partial charge in [0.2, 0.25) is 11.8 Å². The van der Waals surface area contributed by atoms with Crippen molar-refractivity contribution < 1.29 is 14.3 Å². The van der Waals surface area contributed by atoms with Gasteiger partial charge in [-0.1, -0.05) is 24.3 Å². The van der Waals surface area contributed by atoms with Crippen molar-refractivity contribution in [3.8, 4) is 0 Å². The van der Waals surface area contributed by atoms with Crippen LogP contribution in [0.4, 0.5) is 0 Å². The van der Waals surface area contributed by atoms with Crippen molar-refractivity contribution in [2.75, 3.05) is 38.7 Å². The fourth-order valence-electron chi connectivity index (χ4n) is 4.10. The number of fused-ring (bicyclic) bond motifs is 1. The van der Waals surface area contributed by atoms with Gasteiger partial charge in [0.15, 0.2) is 0 Å². The van der Waals surface area contributed by atoms with E-state index in [-0.39, 0.29) is 36.7 Å². The minimum Gasteiger partial charge on any atom is -0.382 e. The summed E-state index contributed by atoms with van der Waals surface area (Å²) in [7, 11) is 0. The van der Waals surface area contributed by atoms with Crippen LogP contribution in [0.1, 0.15) is 47.4 Å². The Bertz CT molecular complexity index is 885. The number of rotatable bonds is 10. The molecule has 1 unspecified atom stereocenters. The first kappa shape index (κ1) is 23.8. The predicted octanol–water partition coefficient (Wildman–Crippen LogP) is 4.41. The van der Waals surface area contributed by atoms with Crippen LogP contribution in [0.3, 0.4) is 0 Å². The number of amides is 2. The van der Waals surface area contributed by atoms with Crippen molar-refractivity contribution in [2.45, 2.75) is 39.2 Å². The van der Waals surface area contributed by atoms with Crippen LogP contribution in [0.2, 0.25) is 0 Å². The number of hydrogen-bond acceptors (Lipinski definition) is 4. The maximum Gasteiger partial charge on any atom is 0.242 e. The lowest BCUT2D eigenvalue weighted by atomic mass is 9.90. The molecular weight excluding hydrogens is 432 g/mol. The fraction of sp³-hybridized carbons (Fsp3) is 0.500. The van der Waals surface area contributed by atoms with Crippen LogP contribution in [0.5, 0.6) is 0 Å². The third-order valence-corrected chi connectivity index (χ3v) is 6.86. The number of halogens is 1. The average Bonchev–Trinajstić information content (AvgIpc) is 3.24. The molecule has 1 atom stereocenters. The summed E-state index contributed by atoms with van der Waals surface area (Å²) >= 11 is 7.56. The number of benzene rings is 1. The molecule has 2 aromatic rings. The van der Waals surface area contributed by atoms with Crippen molar-refractivity contribution in [3.05, 3.63) is 57.3 Å². The molecule has 1 aliphatic heterocycles. The molecule has 1 aromatic carbocycles. The van der Waals surface area contributed by atoms with Gasteiger partial charge < -0.3 is 14.5 Å². The van der Waals surface area contributed by atoms with Gasteiger partial charge in [-0.2, -0.15) is 0 Å². The number of hydrogen-bond donors (Lipinski definition) is 0. The minimum atomic E-state index is -0.114. The van der Waals surface area contributed by atoms with E-state index in [1.54, 1.807) is 16.2 Å². The highest BCUT2D eigenvalue weighted by molar-refractivity contribution is 7.10. The Hall–Kier alpha value is -1.89. The van der Waals surface area contributed by atoms with Gasteiger partial charge in [0.1, 0.15) is 0 Å². The molecular formula is C24H31ClN2O3S. The highest BCUT2D eigenvalue weighted by Gasteiger charge is 2.34. The van der Waals surface area contributed by atoms with Crippen molar-refractivity contribution in [1.82, 2.24) is 9.80 Å². The van der Waals surface area contributed by atoms with Crippen LogP contribution in [0.25, 0.3) is 0 Å². The minimum absolute atomic E-state index is 0.0237. The normalized spacial score (nSPS) is 15.6. The maximum atomic E-state index is 13.5. The van der Waals surface area contributed by atoms with E-state index < -0.39 is 0 Å². The lowest BCUT2D eigenvalue weighted by molar-refractivity contribution is -0.141. The second kappa shape index (κ2) is 11.7. The van der Waals surface area contributed by atoms with Crippen LogP contribution >= 0.6 is 22.9 Å². The quantitative estimate of drug-likeness (QED) is 0.388. The van der Waals surface area contributed by atoms with Gasteiger partial charge in [0, 0.05) is 43.5 Å². The van der Waals surface area contributed by atoms with Gasteiger partial charge in [0.25, 0.3) is 0 Å². The summed E-state index contributed by atoms with van der Waals surface area (Å²) in [4.78, 5) is 31.0. The van der Waals surface area contributed by atoms with Gasteiger partial charge in [-0.25, -0.2) is 0 Å². The molecule has 5 nitrogen and oxygen atoms in total. The highest BCUT2D eigenvalue weighted by Crippen LogP contribution is 2.39. The summed E-state index contributed by atoms with van der Waals surface area (Å²) < 4.78 is 5.40. The summed E-state index contributed by atoms with van der Waals surface area (Å²) in [6, 6.07) is 10.3. The summed E-state index contributed by atoms with van der Waals surface area (Å²) in [5.41, 5.74) is 3.51. The van der Waals surface area contributed by atoms with Crippen LogP contribution in [0.15, 0.2) is 35.7 Å². The van der Waals surface area contributed by atoms with Crippen LogP contribution < -0.4 is 0 Å². The zero-order chi connectivity index (χ0) is 22.2. The molecule has 1 aliphatic rings. The van der Waals surface area contributed by atoms with Crippen molar-refractivity contribution >= 4 is 34.8 Å². The van der Waals surface area contributed by atoms with E-state index in [2.05, 4.69) is 30.5 Å². The first-order valence-electron chi connectivity index (χ1n) is 10.9. The molecule has 0 radical (unpaired) electrons. The SMILES string of the molecule is CCOCCCN(CC(=O)N1CCc2sccc2C1c1ccccc1C)C(=O)CCCl. The van der Waals surface area contributed by atoms with E-state index >= 15 is 0 Å². The predicted molar refractivity (Wildman–Crippen MR) is 126 cm³/mol. The van der Waals surface area contributed by atoms with Gasteiger partial charge in [0.05, 0.1) is 12.6 Å². The zero-order valence-electron chi connectivity index (χ0n) is 18.3. The Kier molecular flexibility index (Phi) is 8.93. The molecule has 1 aromatic heterocycles. The smallest absolute Gasteiger partial charge is 0.242 e. The summed E-state index contributed by atoms with van der Waals surface area (Å²) in [6.07, 6.45) is 1.78. The number of ether oxygens (including phenoxy) is 1.